The van der Waals surface area contributed by atoms with Gasteiger partial charge in [0.2, 0.25) is 21.8 Å². The number of piperidine rings is 1. The Bertz CT molecular complexity index is 846. The van der Waals surface area contributed by atoms with E-state index in [2.05, 4.69) is 5.32 Å². The molecule has 8 nitrogen and oxygen atoms in total. The van der Waals surface area contributed by atoms with Crippen molar-refractivity contribution >= 4 is 39.9 Å². The Labute approximate surface area is 171 Å². The largest absolute Gasteiger partial charge is 0.355 e. The van der Waals surface area contributed by atoms with Crippen molar-refractivity contribution in [3.8, 4) is 0 Å². The molecule has 2 amide bonds. The first-order valence-corrected chi connectivity index (χ1v) is 10.7. The highest BCUT2D eigenvalue weighted by atomic mass is 35.5. The first-order valence-electron chi connectivity index (χ1n) is 9.23. The zero-order valence-electron chi connectivity index (χ0n) is 15.9. The predicted octanol–water partition coefficient (Wildman–Crippen LogP) is 0.493. The molecular weight excluding hydrogens is 404 g/mol. The van der Waals surface area contributed by atoms with Gasteiger partial charge in [0, 0.05) is 45.3 Å². The molecule has 0 aliphatic carbocycles. The molecule has 10 heteroatoms. The molecule has 1 atom stereocenters. The lowest BCUT2D eigenvalue weighted by Gasteiger charge is -2.31. The minimum atomic E-state index is -3.73. The number of nitrogens with zero attached hydrogens (tertiary/aromatic N) is 2. The van der Waals surface area contributed by atoms with Crippen molar-refractivity contribution < 1.29 is 18.0 Å². The molecule has 2 aliphatic rings. The summed E-state index contributed by atoms with van der Waals surface area (Å²) in [7, 11) is -3.73. The Morgan fingerprint density at radius 1 is 1.29 bits per heavy atom. The second kappa shape index (κ2) is 9.21. The van der Waals surface area contributed by atoms with E-state index in [1.165, 1.54) is 11.2 Å². The lowest BCUT2D eigenvalue weighted by molar-refractivity contribution is -0.126. The summed E-state index contributed by atoms with van der Waals surface area (Å²) in [5, 5.41) is 2.74. The average molecular weight is 431 g/mol. The molecule has 0 aromatic heterocycles. The number of benzene rings is 1. The number of nitrogens with one attached hydrogen (secondary N) is 1. The summed E-state index contributed by atoms with van der Waals surface area (Å²) in [6.07, 6.45) is 2.01. The summed E-state index contributed by atoms with van der Waals surface area (Å²) in [5.74, 6) is -0.627. The number of halogens is 1. The number of hydrogen-bond donors (Lipinski definition) is 2. The smallest absolute Gasteiger partial charge is 0.243 e. The van der Waals surface area contributed by atoms with Gasteiger partial charge in [-0.3, -0.25) is 9.59 Å². The summed E-state index contributed by atoms with van der Waals surface area (Å²) < 4.78 is 27.6. The molecule has 2 aliphatic heterocycles. The minimum absolute atomic E-state index is 0. The van der Waals surface area contributed by atoms with E-state index in [1.807, 2.05) is 0 Å². The molecule has 156 valence electrons. The van der Waals surface area contributed by atoms with Gasteiger partial charge in [0.25, 0.3) is 0 Å². The molecule has 1 saturated heterocycles. The zero-order valence-corrected chi connectivity index (χ0v) is 17.5. The number of hydrogen-bond acceptors (Lipinski definition) is 5. The van der Waals surface area contributed by atoms with Crippen LogP contribution in [0.3, 0.4) is 0 Å². The number of nitrogens with two attached hydrogens (primary N) is 1. The van der Waals surface area contributed by atoms with Crippen molar-refractivity contribution in [1.29, 1.82) is 0 Å². The van der Waals surface area contributed by atoms with Crippen LogP contribution >= 0.6 is 12.4 Å². The van der Waals surface area contributed by atoms with Gasteiger partial charge < -0.3 is 16.0 Å². The van der Waals surface area contributed by atoms with E-state index >= 15 is 0 Å². The lowest BCUT2D eigenvalue weighted by Crippen LogP contribution is -2.46. The summed E-state index contributed by atoms with van der Waals surface area (Å²) in [6, 6.07) is 4.95. The third-order valence-electron chi connectivity index (χ3n) is 5.17. The Morgan fingerprint density at radius 3 is 2.71 bits per heavy atom. The molecule has 1 aromatic carbocycles. The van der Waals surface area contributed by atoms with Gasteiger partial charge in [-0.05, 0) is 37.0 Å². The lowest BCUT2D eigenvalue weighted by atomic mass is 9.99. The zero-order chi connectivity index (χ0) is 19.6. The predicted molar refractivity (Wildman–Crippen MR) is 109 cm³/mol. The molecule has 28 heavy (non-hydrogen) atoms. The maximum atomic E-state index is 13.1. The molecule has 0 spiro atoms. The van der Waals surface area contributed by atoms with E-state index < -0.39 is 10.0 Å². The monoisotopic (exact) mass is 430 g/mol. The van der Waals surface area contributed by atoms with Gasteiger partial charge in [-0.1, -0.05) is 6.07 Å². The molecule has 0 saturated carbocycles. The molecule has 2 heterocycles. The van der Waals surface area contributed by atoms with Crippen LogP contribution in [0, 0.1) is 5.92 Å². The van der Waals surface area contributed by atoms with Gasteiger partial charge in [0.15, 0.2) is 0 Å². The fourth-order valence-electron chi connectivity index (χ4n) is 3.71. The number of fused-ring (bicyclic) bond motifs is 1. The number of sulfonamides is 1. The molecule has 1 aromatic rings. The van der Waals surface area contributed by atoms with Crippen LogP contribution in [0.4, 0.5) is 5.69 Å². The van der Waals surface area contributed by atoms with E-state index in [-0.39, 0.29) is 41.6 Å². The van der Waals surface area contributed by atoms with Crippen LogP contribution in [-0.2, 0) is 26.0 Å². The van der Waals surface area contributed by atoms with Crippen LogP contribution in [0.2, 0.25) is 0 Å². The Morgan fingerprint density at radius 2 is 2.04 bits per heavy atom. The third kappa shape index (κ3) is 4.48. The van der Waals surface area contributed by atoms with Crippen LogP contribution in [0.15, 0.2) is 23.1 Å². The molecule has 0 radical (unpaired) electrons. The van der Waals surface area contributed by atoms with Crippen LogP contribution < -0.4 is 16.0 Å². The summed E-state index contributed by atoms with van der Waals surface area (Å²) >= 11 is 0. The van der Waals surface area contributed by atoms with Gasteiger partial charge >= 0.3 is 0 Å². The van der Waals surface area contributed by atoms with Gasteiger partial charge in [-0.25, -0.2) is 8.42 Å². The van der Waals surface area contributed by atoms with Crippen LogP contribution in [-0.4, -0.2) is 57.3 Å². The van der Waals surface area contributed by atoms with Gasteiger partial charge in [0.1, 0.15) is 0 Å². The standard InChI is InChI=1S/C18H26N4O4S.ClH/c1-13(23)22-10-6-14-4-5-16(11-17(14)22)27(25,26)21-9-2-3-15(12-21)18(24)20-8-7-19;/h4-5,11,15H,2-3,6-10,12,19H2,1H3,(H,20,24);1H. The Hall–Kier alpha value is -1.68. The number of carbonyl (C=O) groups excluding carboxylic acids is 2. The Kier molecular flexibility index (Phi) is 7.44. The van der Waals surface area contributed by atoms with Crippen LogP contribution in [0.25, 0.3) is 0 Å². The van der Waals surface area contributed by atoms with Gasteiger partial charge in [0.05, 0.1) is 10.8 Å². The highest BCUT2D eigenvalue weighted by molar-refractivity contribution is 7.89. The first kappa shape index (κ1) is 22.6. The fraction of sp³-hybridized carbons (Fsp3) is 0.556. The minimum Gasteiger partial charge on any atom is -0.355 e. The summed E-state index contributed by atoms with van der Waals surface area (Å²) in [5.41, 5.74) is 7.05. The topological polar surface area (TPSA) is 113 Å². The summed E-state index contributed by atoms with van der Waals surface area (Å²) in [4.78, 5) is 25.8. The van der Waals surface area contributed by atoms with E-state index in [1.54, 1.807) is 23.1 Å². The van der Waals surface area contributed by atoms with Crippen LogP contribution in [0.1, 0.15) is 25.3 Å². The van der Waals surface area contributed by atoms with Crippen molar-refractivity contribution in [2.45, 2.75) is 31.1 Å². The van der Waals surface area contributed by atoms with Gasteiger partial charge in [-0.2, -0.15) is 4.31 Å². The third-order valence-corrected chi connectivity index (χ3v) is 7.03. The van der Waals surface area contributed by atoms with Crippen molar-refractivity contribution in [2.75, 3.05) is 37.6 Å². The van der Waals surface area contributed by atoms with Crippen molar-refractivity contribution in [2.24, 2.45) is 11.7 Å². The van der Waals surface area contributed by atoms with E-state index in [0.29, 0.717) is 44.7 Å². The Balaban J connectivity index is 0.00000280. The van der Waals surface area contributed by atoms with Crippen molar-refractivity contribution in [3.63, 3.8) is 0 Å². The quantitative estimate of drug-likeness (QED) is 0.706. The highest BCUT2D eigenvalue weighted by Gasteiger charge is 2.34. The average Bonchev–Trinajstić information content (AvgIpc) is 3.09. The summed E-state index contributed by atoms with van der Waals surface area (Å²) in [6.45, 7) is 3.32. The number of carbonyl (C=O) groups is 2. The second-order valence-corrected chi connectivity index (χ2v) is 8.93. The van der Waals surface area contributed by atoms with Gasteiger partial charge in [-0.15, -0.1) is 12.4 Å². The fourth-order valence-corrected chi connectivity index (χ4v) is 5.25. The molecule has 1 fully saturated rings. The SMILES string of the molecule is CC(=O)N1CCc2ccc(S(=O)(=O)N3CCCC(C(=O)NCCN)C3)cc21.Cl. The van der Waals surface area contributed by atoms with E-state index in [9.17, 15) is 18.0 Å². The number of rotatable bonds is 5. The van der Waals surface area contributed by atoms with E-state index in [0.717, 1.165) is 12.0 Å². The molecule has 3 rings (SSSR count). The van der Waals surface area contributed by atoms with E-state index in [4.69, 9.17) is 5.73 Å². The molecular formula is C18H27ClN4O4S. The molecule has 0 bridgehead atoms. The number of amides is 2. The van der Waals surface area contributed by atoms with Crippen molar-refractivity contribution in [3.05, 3.63) is 23.8 Å². The maximum Gasteiger partial charge on any atom is 0.243 e. The molecule has 3 N–H and O–H groups in total. The second-order valence-electron chi connectivity index (χ2n) is 6.99. The highest BCUT2D eigenvalue weighted by Crippen LogP contribution is 2.32. The maximum absolute atomic E-state index is 13.1. The van der Waals surface area contributed by atoms with Crippen LogP contribution in [0.5, 0.6) is 0 Å². The number of anilines is 1. The molecule has 1 unspecified atom stereocenters. The van der Waals surface area contributed by atoms with Crippen molar-refractivity contribution in [1.82, 2.24) is 9.62 Å². The first-order chi connectivity index (χ1) is 12.8. The normalized spacial score (nSPS) is 19.6.